The second-order valence-electron chi connectivity index (χ2n) is 5.21. The number of nitrogens with zero attached hydrogens (tertiary/aromatic N) is 1. The van der Waals surface area contributed by atoms with Crippen LogP contribution in [0.15, 0.2) is 47.8 Å². The molecule has 1 aliphatic heterocycles. The number of ether oxygens (including phenoxy) is 1. The molecule has 1 unspecified atom stereocenters. The third-order valence-electron chi connectivity index (χ3n) is 3.79. The zero-order chi connectivity index (χ0) is 14.1. The highest BCUT2D eigenvalue weighted by molar-refractivity contribution is 7.10. The topological polar surface area (TPSA) is 34.1 Å². The molecule has 1 aliphatic rings. The lowest BCUT2D eigenvalue weighted by atomic mass is 10.1. The summed E-state index contributed by atoms with van der Waals surface area (Å²) in [6, 6.07) is 15.2. The van der Waals surface area contributed by atoms with Crippen LogP contribution >= 0.6 is 11.3 Å². The third kappa shape index (κ3) is 2.58. The van der Waals surface area contributed by atoms with Gasteiger partial charge in [-0.3, -0.25) is 0 Å². The largest absolute Gasteiger partial charge is 0.378 e. The van der Waals surface area contributed by atoms with Crippen molar-refractivity contribution in [2.24, 2.45) is 0 Å². The number of fused-ring (bicyclic) bond motifs is 1. The van der Waals surface area contributed by atoms with Gasteiger partial charge in [0.15, 0.2) is 0 Å². The van der Waals surface area contributed by atoms with E-state index in [1.165, 1.54) is 16.3 Å². The quantitative estimate of drug-likeness (QED) is 0.784. The van der Waals surface area contributed by atoms with Crippen LogP contribution in [0.1, 0.15) is 11.0 Å². The number of rotatable bonds is 2. The third-order valence-corrected chi connectivity index (χ3v) is 4.75. The summed E-state index contributed by atoms with van der Waals surface area (Å²) in [6.07, 6.45) is 0. The van der Waals surface area contributed by atoms with Gasteiger partial charge in [-0.15, -0.1) is 11.3 Å². The van der Waals surface area contributed by atoms with Gasteiger partial charge in [0, 0.05) is 17.5 Å². The first-order valence-corrected chi connectivity index (χ1v) is 8.04. The lowest BCUT2D eigenvalue weighted by molar-refractivity contribution is 0.0768. The molecule has 3 nitrogen and oxygen atoms in total. The molecule has 4 heteroatoms. The summed E-state index contributed by atoms with van der Waals surface area (Å²) in [5.41, 5.74) is 2.22. The molecule has 4 rings (SSSR count). The van der Waals surface area contributed by atoms with Gasteiger partial charge >= 0.3 is 0 Å². The monoisotopic (exact) mass is 296 g/mol. The second kappa shape index (κ2) is 5.56. The van der Waals surface area contributed by atoms with E-state index in [2.05, 4.69) is 53.2 Å². The Morgan fingerprint density at radius 2 is 2.05 bits per heavy atom. The van der Waals surface area contributed by atoms with Crippen molar-refractivity contribution in [1.82, 2.24) is 10.3 Å². The standard InChI is InChI=1S/C17H16N2OS/c1-2-4-13-9-14(6-5-12(13)3-1)16-11-21-17(19-16)15-10-20-8-7-18-15/h1-6,9,11,15,18H,7-8,10H2. The zero-order valence-corrected chi connectivity index (χ0v) is 12.4. The Kier molecular flexibility index (Phi) is 3.43. The first-order valence-electron chi connectivity index (χ1n) is 7.16. The number of hydrogen-bond acceptors (Lipinski definition) is 4. The molecule has 0 amide bonds. The summed E-state index contributed by atoms with van der Waals surface area (Å²) in [5.74, 6) is 0. The van der Waals surface area contributed by atoms with Crippen LogP contribution in [-0.4, -0.2) is 24.7 Å². The van der Waals surface area contributed by atoms with Gasteiger partial charge in [-0.25, -0.2) is 4.98 Å². The highest BCUT2D eigenvalue weighted by Crippen LogP contribution is 2.28. The van der Waals surface area contributed by atoms with Crippen LogP contribution in [-0.2, 0) is 4.74 Å². The van der Waals surface area contributed by atoms with Crippen molar-refractivity contribution in [2.75, 3.05) is 19.8 Å². The number of hydrogen-bond donors (Lipinski definition) is 1. The van der Waals surface area contributed by atoms with Crippen LogP contribution in [0.2, 0.25) is 0 Å². The van der Waals surface area contributed by atoms with Gasteiger partial charge in [0.05, 0.1) is 24.9 Å². The lowest BCUT2D eigenvalue weighted by Crippen LogP contribution is -2.34. The van der Waals surface area contributed by atoms with Crippen molar-refractivity contribution < 1.29 is 4.74 Å². The molecule has 21 heavy (non-hydrogen) atoms. The average Bonchev–Trinajstić information content (AvgIpc) is 3.05. The van der Waals surface area contributed by atoms with E-state index < -0.39 is 0 Å². The van der Waals surface area contributed by atoms with Crippen molar-refractivity contribution in [3.05, 3.63) is 52.9 Å². The van der Waals surface area contributed by atoms with Crippen molar-refractivity contribution in [1.29, 1.82) is 0 Å². The Morgan fingerprint density at radius 3 is 2.90 bits per heavy atom. The fourth-order valence-electron chi connectivity index (χ4n) is 2.65. The van der Waals surface area contributed by atoms with Crippen LogP contribution in [0.25, 0.3) is 22.0 Å². The summed E-state index contributed by atoms with van der Waals surface area (Å²) < 4.78 is 5.51. The fourth-order valence-corrected chi connectivity index (χ4v) is 3.54. The average molecular weight is 296 g/mol. The van der Waals surface area contributed by atoms with Gasteiger partial charge in [-0.2, -0.15) is 0 Å². The summed E-state index contributed by atoms with van der Waals surface area (Å²) in [4.78, 5) is 4.79. The van der Waals surface area contributed by atoms with E-state index in [0.29, 0.717) is 6.61 Å². The molecule has 3 aromatic rings. The molecular formula is C17H16N2OS. The number of aromatic nitrogens is 1. The summed E-state index contributed by atoms with van der Waals surface area (Å²) in [6.45, 7) is 2.40. The predicted octanol–water partition coefficient (Wildman–Crippen LogP) is 3.62. The van der Waals surface area contributed by atoms with Gasteiger partial charge in [0.2, 0.25) is 0 Å². The highest BCUT2D eigenvalue weighted by Gasteiger charge is 2.18. The molecule has 0 aliphatic carbocycles. The number of morpholine rings is 1. The summed E-state index contributed by atoms with van der Waals surface area (Å²) >= 11 is 1.70. The molecule has 0 spiro atoms. The van der Waals surface area contributed by atoms with Crippen molar-refractivity contribution in [3.8, 4) is 11.3 Å². The predicted molar refractivity (Wildman–Crippen MR) is 86.6 cm³/mol. The maximum absolute atomic E-state index is 5.51. The van der Waals surface area contributed by atoms with Gasteiger partial charge in [-0.05, 0) is 16.8 Å². The first kappa shape index (κ1) is 13.0. The molecule has 1 aromatic heterocycles. The normalized spacial score (nSPS) is 19.0. The molecule has 106 valence electrons. The molecule has 0 radical (unpaired) electrons. The minimum Gasteiger partial charge on any atom is -0.378 e. The Balaban J connectivity index is 1.67. The zero-order valence-electron chi connectivity index (χ0n) is 11.6. The Bertz CT molecular complexity index is 762. The number of thiazole rings is 1. The van der Waals surface area contributed by atoms with Gasteiger partial charge < -0.3 is 10.1 Å². The van der Waals surface area contributed by atoms with Gasteiger partial charge in [0.1, 0.15) is 5.01 Å². The second-order valence-corrected chi connectivity index (χ2v) is 6.10. The first-order chi connectivity index (χ1) is 10.4. The van der Waals surface area contributed by atoms with E-state index in [-0.39, 0.29) is 6.04 Å². The van der Waals surface area contributed by atoms with Crippen LogP contribution in [0, 0.1) is 0 Å². The Labute approximate surface area is 127 Å². The Morgan fingerprint density at radius 1 is 1.14 bits per heavy atom. The van der Waals surface area contributed by atoms with E-state index in [0.717, 1.165) is 23.9 Å². The number of benzene rings is 2. The van der Waals surface area contributed by atoms with E-state index in [1.807, 2.05) is 0 Å². The van der Waals surface area contributed by atoms with Crippen molar-refractivity contribution >= 4 is 22.1 Å². The maximum atomic E-state index is 5.51. The molecule has 0 saturated carbocycles. The molecule has 2 heterocycles. The van der Waals surface area contributed by atoms with Crippen LogP contribution in [0.5, 0.6) is 0 Å². The molecule has 0 bridgehead atoms. The minimum atomic E-state index is 0.234. The van der Waals surface area contributed by atoms with Crippen LogP contribution in [0.4, 0.5) is 0 Å². The molecule has 2 aromatic carbocycles. The molecule has 1 saturated heterocycles. The molecule has 1 atom stereocenters. The van der Waals surface area contributed by atoms with E-state index >= 15 is 0 Å². The van der Waals surface area contributed by atoms with Gasteiger partial charge in [0.25, 0.3) is 0 Å². The fraction of sp³-hybridized carbons (Fsp3) is 0.235. The summed E-state index contributed by atoms with van der Waals surface area (Å²) in [5, 5.41) is 9.21. The highest BCUT2D eigenvalue weighted by atomic mass is 32.1. The molecule has 1 N–H and O–H groups in total. The molecule has 1 fully saturated rings. The van der Waals surface area contributed by atoms with Crippen LogP contribution in [0.3, 0.4) is 0 Å². The number of nitrogens with one attached hydrogen (secondary N) is 1. The molecular weight excluding hydrogens is 280 g/mol. The van der Waals surface area contributed by atoms with E-state index in [1.54, 1.807) is 11.3 Å². The maximum Gasteiger partial charge on any atom is 0.113 e. The smallest absolute Gasteiger partial charge is 0.113 e. The van der Waals surface area contributed by atoms with E-state index in [4.69, 9.17) is 9.72 Å². The van der Waals surface area contributed by atoms with Crippen molar-refractivity contribution in [3.63, 3.8) is 0 Å². The van der Waals surface area contributed by atoms with Crippen molar-refractivity contribution in [2.45, 2.75) is 6.04 Å². The minimum absolute atomic E-state index is 0.234. The van der Waals surface area contributed by atoms with Gasteiger partial charge in [-0.1, -0.05) is 36.4 Å². The Hall–Kier alpha value is -1.75. The lowest BCUT2D eigenvalue weighted by Gasteiger charge is -2.21. The van der Waals surface area contributed by atoms with Crippen LogP contribution < -0.4 is 5.32 Å². The van der Waals surface area contributed by atoms with E-state index in [9.17, 15) is 0 Å². The summed E-state index contributed by atoms with van der Waals surface area (Å²) in [7, 11) is 0. The SMILES string of the molecule is c1ccc2cc(-c3csc(C4COCCN4)n3)ccc2c1.